The minimum atomic E-state index is -3.75. The monoisotopic (exact) mass is 409 g/mol. The number of carbonyl (C=O) groups excluding carboxylic acids is 2. The third-order valence-corrected chi connectivity index (χ3v) is 8.39. The first-order valence-corrected chi connectivity index (χ1v) is 11.0. The second-order valence-electron chi connectivity index (χ2n) is 7.89. The van der Waals surface area contributed by atoms with E-state index < -0.39 is 33.6 Å². The quantitative estimate of drug-likeness (QED) is 0.701. The molecule has 7 nitrogen and oxygen atoms in total. The van der Waals surface area contributed by atoms with E-state index in [2.05, 4.69) is 0 Å². The van der Waals surface area contributed by atoms with Crippen LogP contribution < -0.4 is 5.11 Å². The van der Waals surface area contributed by atoms with Crippen molar-refractivity contribution in [1.82, 2.24) is 9.21 Å². The first-order chi connectivity index (χ1) is 13.3. The normalized spacial score (nSPS) is 30.5. The standard InChI is InChI=1S/C19H23FN2O5S/c20-14-3-5-15(6-4-14)28(26,27)22-9-7-21(8-10-22)18(23)16-12-1-2-13(11-12)17(16)19(24)25/h3-6,12-13,16-17H,1-2,7-11H2,(H,24,25)/p-1/t12-,13-,16-,17+/m1/s1. The first-order valence-electron chi connectivity index (χ1n) is 9.54. The number of hydrogen-bond acceptors (Lipinski definition) is 5. The van der Waals surface area contributed by atoms with Crippen LogP contribution >= 0.6 is 0 Å². The van der Waals surface area contributed by atoms with Crippen molar-refractivity contribution in [2.24, 2.45) is 23.7 Å². The van der Waals surface area contributed by atoms with Crippen molar-refractivity contribution in [3.8, 4) is 0 Å². The number of rotatable bonds is 4. The van der Waals surface area contributed by atoms with Gasteiger partial charge >= 0.3 is 0 Å². The highest BCUT2D eigenvalue weighted by atomic mass is 32.2. The van der Waals surface area contributed by atoms with Crippen molar-refractivity contribution < 1.29 is 27.5 Å². The van der Waals surface area contributed by atoms with Gasteiger partial charge in [0, 0.05) is 44.0 Å². The molecule has 4 rings (SSSR count). The molecule has 1 heterocycles. The average molecular weight is 409 g/mol. The topological polar surface area (TPSA) is 97.8 Å². The Morgan fingerprint density at radius 3 is 2.11 bits per heavy atom. The number of benzene rings is 1. The number of nitrogens with zero attached hydrogens (tertiary/aromatic N) is 2. The summed E-state index contributed by atoms with van der Waals surface area (Å²) in [4.78, 5) is 26.1. The summed E-state index contributed by atoms with van der Waals surface area (Å²) in [7, 11) is -3.75. The largest absolute Gasteiger partial charge is 0.550 e. The zero-order chi connectivity index (χ0) is 20.1. The molecule has 0 unspecified atom stereocenters. The third kappa shape index (κ3) is 3.20. The average Bonchev–Trinajstić information content (AvgIpc) is 3.29. The maximum atomic E-state index is 13.1. The lowest BCUT2D eigenvalue weighted by Gasteiger charge is -2.39. The Balaban J connectivity index is 1.43. The molecule has 2 bridgehead atoms. The van der Waals surface area contributed by atoms with E-state index in [1.165, 1.54) is 16.4 Å². The molecule has 1 aromatic rings. The van der Waals surface area contributed by atoms with Crippen LogP contribution in [0.3, 0.4) is 0 Å². The molecule has 0 N–H and O–H groups in total. The predicted octanol–water partition coefficient (Wildman–Crippen LogP) is 0.0708. The van der Waals surface area contributed by atoms with Gasteiger partial charge < -0.3 is 14.8 Å². The summed E-state index contributed by atoms with van der Waals surface area (Å²) in [5, 5.41) is 11.6. The summed E-state index contributed by atoms with van der Waals surface area (Å²) in [6, 6.07) is 4.65. The number of carboxylic acids is 1. The van der Waals surface area contributed by atoms with E-state index in [4.69, 9.17) is 0 Å². The first kappa shape index (κ1) is 19.3. The van der Waals surface area contributed by atoms with E-state index in [1.807, 2.05) is 0 Å². The van der Waals surface area contributed by atoms with E-state index in [9.17, 15) is 27.5 Å². The van der Waals surface area contributed by atoms with Crippen LogP contribution in [0.5, 0.6) is 0 Å². The molecule has 9 heteroatoms. The van der Waals surface area contributed by atoms with Crippen LogP contribution in [0.15, 0.2) is 29.2 Å². The van der Waals surface area contributed by atoms with Crippen molar-refractivity contribution >= 4 is 21.9 Å². The fraction of sp³-hybridized carbons (Fsp3) is 0.579. The van der Waals surface area contributed by atoms with E-state index in [0.717, 1.165) is 31.4 Å². The van der Waals surface area contributed by atoms with Gasteiger partial charge in [-0.3, -0.25) is 4.79 Å². The van der Waals surface area contributed by atoms with E-state index >= 15 is 0 Å². The van der Waals surface area contributed by atoms with Gasteiger partial charge in [0.15, 0.2) is 0 Å². The van der Waals surface area contributed by atoms with Crippen LogP contribution in [0, 0.1) is 29.5 Å². The molecule has 3 fully saturated rings. The molecule has 28 heavy (non-hydrogen) atoms. The highest BCUT2D eigenvalue weighted by molar-refractivity contribution is 7.89. The number of halogens is 1. The number of carbonyl (C=O) groups is 2. The predicted molar refractivity (Wildman–Crippen MR) is 94.6 cm³/mol. The molecule has 1 amide bonds. The Morgan fingerprint density at radius 2 is 1.54 bits per heavy atom. The molecule has 1 saturated heterocycles. The Hall–Kier alpha value is -2.00. The van der Waals surface area contributed by atoms with E-state index in [-0.39, 0.29) is 48.8 Å². The van der Waals surface area contributed by atoms with E-state index in [1.54, 1.807) is 4.90 Å². The van der Waals surface area contributed by atoms with Gasteiger partial charge in [-0.15, -0.1) is 0 Å². The molecule has 1 aliphatic heterocycles. The molecule has 4 atom stereocenters. The number of hydrogen-bond donors (Lipinski definition) is 0. The maximum absolute atomic E-state index is 13.1. The second-order valence-corrected chi connectivity index (χ2v) is 9.83. The van der Waals surface area contributed by atoms with Crippen LogP contribution in [-0.2, 0) is 19.6 Å². The van der Waals surface area contributed by atoms with E-state index in [0.29, 0.717) is 0 Å². The summed E-state index contributed by atoms with van der Waals surface area (Å²) in [6.07, 6.45) is 2.45. The van der Waals surface area contributed by atoms with Gasteiger partial charge in [0.05, 0.1) is 4.90 Å². The lowest BCUT2D eigenvalue weighted by Crippen LogP contribution is -2.54. The maximum Gasteiger partial charge on any atom is 0.243 e. The molecular formula is C19H22FN2O5S-. The molecule has 0 spiro atoms. The molecular weight excluding hydrogens is 387 g/mol. The highest BCUT2D eigenvalue weighted by Gasteiger charge is 2.52. The van der Waals surface area contributed by atoms with Crippen LogP contribution in [-0.4, -0.2) is 55.7 Å². The number of aliphatic carboxylic acids is 1. The van der Waals surface area contributed by atoms with Crippen molar-refractivity contribution in [3.63, 3.8) is 0 Å². The number of amides is 1. The second kappa shape index (κ2) is 7.11. The zero-order valence-corrected chi connectivity index (χ0v) is 16.1. The minimum absolute atomic E-state index is 0.0128. The van der Waals surface area contributed by atoms with Gasteiger partial charge in [-0.05, 0) is 55.4 Å². The summed E-state index contributed by atoms with van der Waals surface area (Å²) in [5.74, 6) is -3.03. The summed E-state index contributed by atoms with van der Waals surface area (Å²) >= 11 is 0. The van der Waals surface area contributed by atoms with Crippen molar-refractivity contribution in [2.45, 2.75) is 24.2 Å². The summed E-state index contributed by atoms with van der Waals surface area (Å²) in [5.41, 5.74) is 0. The SMILES string of the molecule is O=C([O-])[C@H]1[C@@H]2CC[C@H](C2)[C@H]1C(=O)N1CCN(S(=O)(=O)c2ccc(F)cc2)CC1. The number of piperazine rings is 1. The molecule has 1 aromatic carbocycles. The van der Waals surface area contributed by atoms with Gasteiger partial charge in [0.2, 0.25) is 15.9 Å². The minimum Gasteiger partial charge on any atom is -0.550 e. The Labute approximate surface area is 163 Å². The molecule has 0 aromatic heterocycles. The van der Waals surface area contributed by atoms with Gasteiger partial charge in [-0.1, -0.05) is 0 Å². The Morgan fingerprint density at radius 1 is 0.964 bits per heavy atom. The van der Waals surface area contributed by atoms with Crippen molar-refractivity contribution in [1.29, 1.82) is 0 Å². The lowest BCUT2D eigenvalue weighted by molar-refractivity contribution is -0.314. The van der Waals surface area contributed by atoms with Gasteiger partial charge in [-0.2, -0.15) is 4.31 Å². The molecule has 2 aliphatic carbocycles. The summed E-state index contributed by atoms with van der Waals surface area (Å²) < 4.78 is 39.7. The Bertz CT molecular complexity index is 880. The number of carboxylic acid groups (broad SMARTS) is 1. The van der Waals surface area contributed by atoms with Crippen LogP contribution in [0.4, 0.5) is 4.39 Å². The summed E-state index contributed by atoms with van der Waals surface area (Å²) in [6.45, 7) is 0.685. The van der Waals surface area contributed by atoms with Crippen molar-refractivity contribution in [3.05, 3.63) is 30.1 Å². The van der Waals surface area contributed by atoms with Gasteiger partial charge in [-0.25, -0.2) is 12.8 Å². The van der Waals surface area contributed by atoms with Crippen molar-refractivity contribution in [2.75, 3.05) is 26.2 Å². The van der Waals surface area contributed by atoms with Crippen LogP contribution in [0.1, 0.15) is 19.3 Å². The van der Waals surface area contributed by atoms with Crippen LogP contribution in [0.2, 0.25) is 0 Å². The zero-order valence-electron chi connectivity index (χ0n) is 15.3. The number of fused-ring (bicyclic) bond motifs is 2. The molecule has 152 valence electrons. The molecule has 0 radical (unpaired) electrons. The van der Waals surface area contributed by atoms with Crippen LogP contribution in [0.25, 0.3) is 0 Å². The molecule has 2 saturated carbocycles. The smallest absolute Gasteiger partial charge is 0.243 e. The van der Waals surface area contributed by atoms with Gasteiger partial charge in [0.1, 0.15) is 5.82 Å². The third-order valence-electron chi connectivity index (χ3n) is 6.48. The highest BCUT2D eigenvalue weighted by Crippen LogP contribution is 2.52. The number of sulfonamides is 1. The fourth-order valence-electron chi connectivity index (χ4n) is 5.10. The lowest BCUT2D eigenvalue weighted by atomic mass is 9.78. The fourth-order valence-corrected chi connectivity index (χ4v) is 6.52. The van der Waals surface area contributed by atoms with Gasteiger partial charge in [0.25, 0.3) is 0 Å². The molecule has 3 aliphatic rings. The Kier molecular flexibility index (Phi) is 4.91.